The zero-order chi connectivity index (χ0) is 10.6. The molecular formula is C12H12N2. The lowest BCUT2D eigenvalue weighted by molar-refractivity contribution is 1.42. The highest BCUT2D eigenvalue weighted by Crippen LogP contribution is 2.25. The molecule has 0 spiro atoms. The van der Waals surface area contributed by atoms with Crippen molar-refractivity contribution in [2.45, 2.75) is 0 Å². The molecule has 0 bridgehead atoms. The van der Waals surface area contributed by atoms with E-state index < -0.39 is 0 Å². The predicted octanol–water partition coefficient (Wildman–Crippen LogP) is 2.89. The van der Waals surface area contributed by atoms with Gasteiger partial charge in [0.05, 0.1) is 11.3 Å². The first-order chi connectivity index (χ1) is 6.78. The molecule has 0 aliphatic rings. The van der Waals surface area contributed by atoms with Crippen molar-refractivity contribution < 1.29 is 0 Å². The number of hydrogen-bond acceptors (Lipinski definition) is 2. The van der Waals surface area contributed by atoms with Gasteiger partial charge in [-0.15, -0.1) is 0 Å². The Morgan fingerprint density at radius 1 is 1.29 bits per heavy atom. The van der Waals surface area contributed by atoms with E-state index in [2.05, 4.69) is 24.5 Å². The average Bonchev–Trinajstić information content (AvgIpc) is 2.26. The molecule has 0 radical (unpaired) electrons. The molecule has 0 aliphatic carbocycles. The Balaban J connectivity index is 3.53. The standard InChI is InChI=1S/C12H12N2/c1-4-9-6-7-10(5-2)12(14-3)11(9)8-13/h4-7,14H,1-2H2,3H3. The molecule has 0 saturated heterocycles. The van der Waals surface area contributed by atoms with Crippen molar-refractivity contribution in [1.82, 2.24) is 0 Å². The summed E-state index contributed by atoms with van der Waals surface area (Å²) in [5.41, 5.74) is 3.18. The van der Waals surface area contributed by atoms with Crippen LogP contribution in [0, 0.1) is 11.3 Å². The van der Waals surface area contributed by atoms with Gasteiger partial charge in [-0.2, -0.15) is 5.26 Å². The smallest absolute Gasteiger partial charge is 0.102 e. The zero-order valence-electron chi connectivity index (χ0n) is 8.17. The molecule has 1 aromatic rings. The van der Waals surface area contributed by atoms with Crippen LogP contribution in [0.15, 0.2) is 25.3 Å². The summed E-state index contributed by atoms with van der Waals surface area (Å²) in [5, 5.41) is 12.0. The van der Waals surface area contributed by atoms with Gasteiger partial charge in [-0.1, -0.05) is 37.4 Å². The fourth-order valence-corrected chi connectivity index (χ4v) is 1.36. The lowest BCUT2D eigenvalue weighted by Gasteiger charge is -2.09. The molecular weight excluding hydrogens is 172 g/mol. The maximum Gasteiger partial charge on any atom is 0.102 e. The molecule has 1 N–H and O–H groups in total. The third kappa shape index (κ3) is 1.53. The van der Waals surface area contributed by atoms with Crippen LogP contribution in [0.5, 0.6) is 0 Å². The van der Waals surface area contributed by atoms with Crippen LogP contribution in [0.2, 0.25) is 0 Å². The Morgan fingerprint density at radius 2 is 1.86 bits per heavy atom. The number of benzene rings is 1. The Labute approximate surface area is 84.2 Å². The first-order valence-corrected chi connectivity index (χ1v) is 4.28. The Hall–Kier alpha value is -2.01. The molecule has 1 rings (SSSR count). The molecule has 0 unspecified atom stereocenters. The molecule has 0 amide bonds. The average molecular weight is 184 g/mol. The summed E-state index contributed by atoms with van der Waals surface area (Å²) in [7, 11) is 1.79. The van der Waals surface area contributed by atoms with E-state index in [1.165, 1.54) is 0 Å². The normalized spacial score (nSPS) is 8.86. The van der Waals surface area contributed by atoms with E-state index in [0.29, 0.717) is 5.56 Å². The van der Waals surface area contributed by atoms with Gasteiger partial charge in [0, 0.05) is 7.05 Å². The van der Waals surface area contributed by atoms with Gasteiger partial charge < -0.3 is 5.32 Å². The first kappa shape index (κ1) is 10.1. The summed E-state index contributed by atoms with van der Waals surface area (Å²) in [6, 6.07) is 5.94. The SMILES string of the molecule is C=Cc1ccc(C=C)c(NC)c1C#N. The van der Waals surface area contributed by atoms with Crippen LogP contribution >= 0.6 is 0 Å². The summed E-state index contributed by atoms with van der Waals surface area (Å²) >= 11 is 0. The fourth-order valence-electron chi connectivity index (χ4n) is 1.36. The summed E-state index contributed by atoms with van der Waals surface area (Å²) in [6.07, 6.45) is 3.39. The van der Waals surface area contributed by atoms with E-state index in [1.807, 2.05) is 12.1 Å². The molecule has 1 aromatic carbocycles. The van der Waals surface area contributed by atoms with E-state index in [0.717, 1.165) is 16.8 Å². The molecule has 70 valence electrons. The highest BCUT2D eigenvalue weighted by Gasteiger charge is 2.07. The molecule has 14 heavy (non-hydrogen) atoms. The monoisotopic (exact) mass is 184 g/mol. The summed E-state index contributed by atoms with van der Waals surface area (Å²) in [6.45, 7) is 7.36. The van der Waals surface area contributed by atoms with Crippen molar-refractivity contribution in [2.75, 3.05) is 12.4 Å². The van der Waals surface area contributed by atoms with Crippen LogP contribution < -0.4 is 5.32 Å². The quantitative estimate of drug-likeness (QED) is 0.784. The third-order valence-electron chi connectivity index (χ3n) is 2.07. The van der Waals surface area contributed by atoms with E-state index in [9.17, 15) is 0 Å². The fraction of sp³-hybridized carbons (Fsp3) is 0.0833. The Morgan fingerprint density at radius 3 is 2.29 bits per heavy atom. The van der Waals surface area contributed by atoms with Gasteiger partial charge in [-0.05, 0) is 11.1 Å². The number of nitriles is 1. The summed E-state index contributed by atoms with van der Waals surface area (Å²) in [4.78, 5) is 0. The minimum Gasteiger partial charge on any atom is -0.387 e. The first-order valence-electron chi connectivity index (χ1n) is 4.28. The molecule has 0 saturated carbocycles. The number of rotatable bonds is 3. The summed E-state index contributed by atoms with van der Waals surface area (Å²) < 4.78 is 0. The molecule has 0 heterocycles. The number of hydrogen-bond donors (Lipinski definition) is 1. The Kier molecular flexibility index (Phi) is 3.09. The van der Waals surface area contributed by atoms with Gasteiger partial charge >= 0.3 is 0 Å². The van der Waals surface area contributed by atoms with Crippen molar-refractivity contribution >= 4 is 17.8 Å². The van der Waals surface area contributed by atoms with Crippen LogP contribution in [0.1, 0.15) is 16.7 Å². The van der Waals surface area contributed by atoms with Crippen molar-refractivity contribution in [3.8, 4) is 6.07 Å². The minimum atomic E-state index is 0.611. The second-order valence-electron chi connectivity index (χ2n) is 2.76. The molecule has 0 aliphatic heterocycles. The maximum atomic E-state index is 9.01. The van der Waals surface area contributed by atoms with Crippen LogP contribution in [0.3, 0.4) is 0 Å². The minimum absolute atomic E-state index is 0.611. The van der Waals surface area contributed by atoms with Gasteiger partial charge in [0.15, 0.2) is 0 Å². The molecule has 0 aromatic heterocycles. The van der Waals surface area contributed by atoms with E-state index >= 15 is 0 Å². The van der Waals surface area contributed by atoms with Crippen LogP contribution in [-0.4, -0.2) is 7.05 Å². The topological polar surface area (TPSA) is 35.8 Å². The largest absolute Gasteiger partial charge is 0.387 e. The molecule has 0 fully saturated rings. The van der Waals surface area contributed by atoms with Gasteiger partial charge in [0.2, 0.25) is 0 Å². The van der Waals surface area contributed by atoms with E-state index in [4.69, 9.17) is 5.26 Å². The maximum absolute atomic E-state index is 9.01. The van der Waals surface area contributed by atoms with Crippen LogP contribution in [-0.2, 0) is 0 Å². The third-order valence-corrected chi connectivity index (χ3v) is 2.07. The molecule has 2 nitrogen and oxygen atoms in total. The van der Waals surface area contributed by atoms with Gasteiger partial charge in [-0.25, -0.2) is 0 Å². The summed E-state index contributed by atoms with van der Waals surface area (Å²) in [5.74, 6) is 0. The van der Waals surface area contributed by atoms with Crippen molar-refractivity contribution in [1.29, 1.82) is 5.26 Å². The van der Waals surface area contributed by atoms with Gasteiger partial charge in [0.25, 0.3) is 0 Å². The van der Waals surface area contributed by atoms with Crippen molar-refractivity contribution in [3.63, 3.8) is 0 Å². The van der Waals surface area contributed by atoms with E-state index in [1.54, 1.807) is 19.2 Å². The molecule has 0 atom stereocenters. The van der Waals surface area contributed by atoms with Gasteiger partial charge in [0.1, 0.15) is 6.07 Å². The second-order valence-corrected chi connectivity index (χ2v) is 2.76. The van der Waals surface area contributed by atoms with E-state index in [-0.39, 0.29) is 0 Å². The van der Waals surface area contributed by atoms with Crippen LogP contribution in [0.4, 0.5) is 5.69 Å². The lowest BCUT2D eigenvalue weighted by Crippen LogP contribution is -1.97. The van der Waals surface area contributed by atoms with Crippen LogP contribution in [0.25, 0.3) is 12.2 Å². The van der Waals surface area contributed by atoms with Crippen molar-refractivity contribution in [3.05, 3.63) is 42.0 Å². The lowest BCUT2D eigenvalue weighted by atomic mass is 10.0. The number of anilines is 1. The number of nitrogens with zero attached hydrogens (tertiary/aromatic N) is 1. The highest BCUT2D eigenvalue weighted by atomic mass is 14.8. The second kappa shape index (κ2) is 4.29. The zero-order valence-corrected chi connectivity index (χ0v) is 8.17. The van der Waals surface area contributed by atoms with Gasteiger partial charge in [-0.3, -0.25) is 0 Å². The highest BCUT2D eigenvalue weighted by molar-refractivity contribution is 5.77. The van der Waals surface area contributed by atoms with Crippen molar-refractivity contribution in [2.24, 2.45) is 0 Å². The predicted molar refractivity (Wildman–Crippen MR) is 60.9 cm³/mol. The number of nitrogens with one attached hydrogen (secondary N) is 1. The Bertz CT molecular complexity index is 411. The molecule has 2 heteroatoms.